The first-order valence-electron chi connectivity index (χ1n) is 9.06. The molecule has 0 aromatic heterocycles. The zero-order valence-corrected chi connectivity index (χ0v) is 16.3. The second-order valence-corrected chi connectivity index (χ2v) is 7.04. The molecule has 2 amide bonds. The first kappa shape index (κ1) is 20.0. The number of carbonyl (C=O) groups excluding carboxylic acids is 2. The number of rotatable bonds is 6. The third-order valence-electron chi connectivity index (χ3n) is 4.63. The number of hydrogen-bond acceptors (Lipinski definition) is 3. The quantitative estimate of drug-likeness (QED) is 0.738. The van der Waals surface area contributed by atoms with Crippen LogP contribution in [0.2, 0.25) is 5.02 Å². The lowest BCUT2D eigenvalue weighted by molar-refractivity contribution is -0.136. The van der Waals surface area contributed by atoms with Crippen molar-refractivity contribution < 1.29 is 14.0 Å². The predicted molar refractivity (Wildman–Crippen MR) is 106 cm³/mol. The average Bonchev–Trinajstić information content (AvgIpc) is 3.19. The molecule has 146 valence electrons. The van der Waals surface area contributed by atoms with Gasteiger partial charge in [-0.25, -0.2) is 9.40 Å². The van der Waals surface area contributed by atoms with Crippen molar-refractivity contribution >= 4 is 29.1 Å². The maximum absolute atomic E-state index is 13.9. The number of carbonyl (C=O) groups is 2. The van der Waals surface area contributed by atoms with Gasteiger partial charge < -0.3 is 4.90 Å². The van der Waals surface area contributed by atoms with Gasteiger partial charge in [0.25, 0.3) is 0 Å². The highest BCUT2D eigenvalue weighted by molar-refractivity contribution is 6.31. The molecule has 0 spiro atoms. The highest BCUT2D eigenvalue weighted by atomic mass is 35.5. The SMILES string of the molecule is CN(Cc1c(F)cccc1Cl)C(=O)CCC(=O)N1CCC(c2ccccc2)=N1. The van der Waals surface area contributed by atoms with E-state index in [-0.39, 0.29) is 41.8 Å². The maximum atomic E-state index is 13.9. The Kier molecular flexibility index (Phi) is 6.41. The molecule has 2 aromatic rings. The Labute approximate surface area is 168 Å². The zero-order chi connectivity index (χ0) is 20.1. The molecule has 5 nitrogen and oxygen atoms in total. The van der Waals surface area contributed by atoms with Crippen LogP contribution in [0.5, 0.6) is 0 Å². The van der Waals surface area contributed by atoms with Crippen molar-refractivity contribution in [3.8, 4) is 0 Å². The van der Waals surface area contributed by atoms with Crippen molar-refractivity contribution in [2.75, 3.05) is 13.6 Å². The van der Waals surface area contributed by atoms with Gasteiger partial charge in [-0.2, -0.15) is 5.10 Å². The van der Waals surface area contributed by atoms with Crippen LogP contribution in [-0.4, -0.2) is 41.0 Å². The van der Waals surface area contributed by atoms with Crippen LogP contribution in [0.1, 0.15) is 30.4 Å². The molecule has 0 atom stereocenters. The van der Waals surface area contributed by atoms with Crippen molar-refractivity contribution in [1.29, 1.82) is 0 Å². The van der Waals surface area contributed by atoms with E-state index in [1.165, 1.54) is 22.0 Å². The highest BCUT2D eigenvalue weighted by Crippen LogP contribution is 2.21. The monoisotopic (exact) mass is 401 g/mol. The van der Waals surface area contributed by atoms with Crippen LogP contribution < -0.4 is 0 Å². The van der Waals surface area contributed by atoms with Gasteiger partial charge >= 0.3 is 0 Å². The summed E-state index contributed by atoms with van der Waals surface area (Å²) in [7, 11) is 1.57. The van der Waals surface area contributed by atoms with Gasteiger partial charge in [-0.1, -0.05) is 48.0 Å². The Morgan fingerprint density at radius 1 is 1.14 bits per heavy atom. The molecule has 0 saturated carbocycles. The molecule has 0 bridgehead atoms. The van der Waals surface area contributed by atoms with E-state index in [9.17, 15) is 14.0 Å². The largest absolute Gasteiger partial charge is 0.341 e. The van der Waals surface area contributed by atoms with E-state index in [0.717, 1.165) is 11.3 Å². The van der Waals surface area contributed by atoms with Crippen molar-refractivity contribution in [2.45, 2.75) is 25.8 Å². The van der Waals surface area contributed by atoms with E-state index < -0.39 is 5.82 Å². The molecule has 3 rings (SSSR count). The van der Waals surface area contributed by atoms with Gasteiger partial charge in [-0.3, -0.25) is 9.59 Å². The van der Waals surface area contributed by atoms with Gasteiger partial charge in [-0.05, 0) is 17.7 Å². The van der Waals surface area contributed by atoms with E-state index in [1.807, 2.05) is 30.3 Å². The van der Waals surface area contributed by atoms with E-state index in [4.69, 9.17) is 11.6 Å². The van der Waals surface area contributed by atoms with Gasteiger partial charge in [-0.15, -0.1) is 0 Å². The third kappa shape index (κ3) is 4.75. The Morgan fingerprint density at radius 2 is 1.89 bits per heavy atom. The molecule has 1 aliphatic rings. The van der Waals surface area contributed by atoms with Crippen LogP contribution in [-0.2, 0) is 16.1 Å². The number of hydrogen-bond donors (Lipinski definition) is 0. The van der Waals surface area contributed by atoms with Crippen LogP contribution in [0.25, 0.3) is 0 Å². The van der Waals surface area contributed by atoms with Crippen molar-refractivity contribution in [1.82, 2.24) is 9.91 Å². The molecular formula is C21H21ClFN3O2. The molecule has 1 aliphatic heterocycles. The van der Waals surface area contributed by atoms with Gasteiger partial charge in [0.2, 0.25) is 11.8 Å². The summed E-state index contributed by atoms with van der Waals surface area (Å²) in [5.74, 6) is -0.904. The minimum Gasteiger partial charge on any atom is -0.341 e. The summed E-state index contributed by atoms with van der Waals surface area (Å²) in [6.45, 7) is 0.566. The smallest absolute Gasteiger partial charge is 0.243 e. The van der Waals surface area contributed by atoms with Crippen LogP contribution >= 0.6 is 11.6 Å². The topological polar surface area (TPSA) is 53.0 Å². The molecule has 0 N–H and O–H groups in total. The molecule has 0 fully saturated rings. The lowest BCUT2D eigenvalue weighted by Crippen LogP contribution is -2.29. The minimum atomic E-state index is -0.455. The molecule has 1 heterocycles. The van der Waals surface area contributed by atoms with E-state index in [2.05, 4.69) is 5.10 Å². The minimum absolute atomic E-state index is 0.0358. The lowest BCUT2D eigenvalue weighted by Gasteiger charge is -2.19. The Bertz CT molecular complexity index is 882. The van der Waals surface area contributed by atoms with Gasteiger partial charge in [0, 0.05) is 43.4 Å². The van der Waals surface area contributed by atoms with E-state index >= 15 is 0 Å². The van der Waals surface area contributed by atoms with Crippen molar-refractivity contribution in [3.05, 3.63) is 70.5 Å². The molecular weight excluding hydrogens is 381 g/mol. The molecule has 0 aliphatic carbocycles. The summed E-state index contributed by atoms with van der Waals surface area (Å²) in [5, 5.41) is 6.07. The number of amides is 2. The summed E-state index contributed by atoms with van der Waals surface area (Å²) in [6, 6.07) is 14.1. The Morgan fingerprint density at radius 3 is 2.61 bits per heavy atom. The second-order valence-electron chi connectivity index (χ2n) is 6.63. The Balaban J connectivity index is 1.53. The molecule has 0 radical (unpaired) electrons. The van der Waals surface area contributed by atoms with Crippen molar-refractivity contribution in [3.63, 3.8) is 0 Å². The zero-order valence-electron chi connectivity index (χ0n) is 15.6. The summed E-state index contributed by atoms with van der Waals surface area (Å²) in [4.78, 5) is 26.1. The standard InChI is InChI=1S/C21H21ClFN3O2/c1-25(14-16-17(22)8-5-9-18(16)23)20(27)10-11-21(28)26-13-12-19(24-26)15-6-3-2-4-7-15/h2-9H,10-14H2,1H3. The van der Waals surface area contributed by atoms with Crippen LogP contribution in [0.4, 0.5) is 4.39 Å². The number of benzene rings is 2. The molecule has 7 heteroatoms. The van der Waals surface area contributed by atoms with E-state index in [1.54, 1.807) is 13.1 Å². The summed E-state index contributed by atoms with van der Waals surface area (Å²) in [6.07, 6.45) is 0.781. The second kappa shape index (κ2) is 8.97. The normalized spacial score (nSPS) is 13.4. The first-order chi connectivity index (χ1) is 13.5. The Hall–Kier alpha value is -2.73. The van der Waals surface area contributed by atoms with E-state index in [0.29, 0.717) is 13.0 Å². The molecule has 2 aromatic carbocycles. The van der Waals surface area contributed by atoms with Crippen LogP contribution in [0, 0.1) is 5.82 Å². The third-order valence-corrected chi connectivity index (χ3v) is 4.99. The number of halogens is 2. The fraction of sp³-hybridized carbons (Fsp3) is 0.286. The van der Waals surface area contributed by atoms with Crippen molar-refractivity contribution in [2.24, 2.45) is 5.10 Å². The fourth-order valence-corrected chi connectivity index (χ4v) is 3.24. The fourth-order valence-electron chi connectivity index (χ4n) is 3.01. The maximum Gasteiger partial charge on any atom is 0.243 e. The molecule has 28 heavy (non-hydrogen) atoms. The molecule has 0 unspecified atom stereocenters. The van der Waals surface area contributed by atoms with Gasteiger partial charge in [0.05, 0.1) is 12.3 Å². The summed E-state index contributed by atoms with van der Waals surface area (Å²) < 4.78 is 13.9. The summed E-state index contributed by atoms with van der Waals surface area (Å²) in [5.41, 5.74) is 2.13. The first-order valence-corrected chi connectivity index (χ1v) is 9.43. The number of nitrogens with zero attached hydrogens (tertiary/aromatic N) is 3. The highest BCUT2D eigenvalue weighted by Gasteiger charge is 2.23. The molecule has 0 saturated heterocycles. The number of hydrazone groups is 1. The van der Waals surface area contributed by atoms with Gasteiger partial charge in [0.1, 0.15) is 5.82 Å². The average molecular weight is 402 g/mol. The lowest BCUT2D eigenvalue weighted by atomic mass is 10.1. The van der Waals surface area contributed by atoms with Crippen LogP contribution in [0.15, 0.2) is 53.6 Å². The van der Waals surface area contributed by atoms with Gasteiger partial charge in [0.15, 0.2) is 0 Å². The van der Waals surface area contributed by atoms with Crippen LogP contribution in [0.3, 0.4) is 0 Å². The predicted octanol–water partition coefficient (Wildman–Crippen LogP) is 3.85. The summed E-state index contributed by atoms with van der Waals surface area (Å²) >= 11 is 6.00.